The summed E-state index contributed by atoms with van der Waals surface area (Å²) in [5, 5.41) is 1.39. The minimum Gasteiger partial charge on any atom is -0.338 e. The van der Waals surface area contributed by atoms with E-state index in [2.05, 4.69) is 65.8 Å². The monoisotopic (exact) mass is 386 g/mol. The van der Waals surface area contributed by atoms with Crippen molar-refractivity contribution >= 4 is 18.0 Å². The molecule has 1 N–H and O–H groups in total. The molecule has 0 atom stereocenters. The number of aryl methyl sites for hydroxylation is 6. The van der Waals surface area contributed by atoms with Crippen LogP contribution in [0, 0.1) is 0 Å². The second-order valence-electron chi connectivity index (χ2n) is 7.22. The predicted molar refractivity (Wildman–Crippen MR) is 118 cm³/mol. The van der Waals surface area contributed by atoms with Crippen molar-refractivity contribution in [2.75, 3.05) is 0 Å². The molecule has 3 heteroatoms. The van der Waals surface area contributed by atoms with E-state index in [0.717, 1.165) is 60.8 Å². The predicted octanol–water partition coefficient (Wildman–Crippen LogP) is 5.28. The Morgan fingerprint density at radius 2 is 0.852 bits per heavy atom. The Bertz CT molecular complexity index is 734. The van der Waals surface area contributed by atoms with Crippen LogP contribution < -0.4 is 10.6 Å². The van der Waals surface area contributed by atoms with Crippen LogP contribution in [0.5, 0.6) is 0 Å². The van der Waals surface area contributed by atoms with Gasteiger partial charge in [-0.25, -0.2) is 0 Å². The number of benzene rings is 2. The highest BCUT2D eigenvalue weighted by Crippen LogP contribution is 2.44. The first-order chi connectivity index (χ1) is 12.9. The molecule has 148 valence electrons. The average molecular weight is 387 g/mol. The molecule has 27 heavy (non-hydrogen) atoms. The second kappa shape index (κ2) is 9.22. The molecule has 0 amide bonds. The molecule has 2 aromatic rings. The maximum absolute atomic E-state index is 14.1. The fourth-order valence-electron chi connectivity index (χ4n) is 4.04. The fraction of sp³-hybridized carbons (Fsp3) is 0.500. The zero-order chi connectivity index (χ0) is 20.2. The van der Waals surface area contributed by atoms with Crippen LogP contribution in [0.15, 0.2) is 24.3 Å². The number of hydrogen-bond donors (Lipinski definition) is 1. The molecule has 2 rings (SSSR count). The van der Waals surface area contributed by atoms with Gasteiger partial charge in [-0.1, -0.05) is 65.8 Å². The van der Waals surface area contributed by atoms with Crippen LogP contribution in [-0.4, -0.2) is 4.89 Å². The summed E-state index contributed by atoms with van der Waals surface area (Å²) in [7, 11) is -3.67. The smallest absolute Gasteiger partial charge is 0.259 e. The normalized spacial score (nSPS) is 11.8. The van der Waals surface area contributed by atoms with E-state index in [1.54, 1.807) is 0 Å². The van der Waals surface area contributed by atoms with E-state index in [9.17, 15) is 9.46 Å². The maximum atomic E-state index is 14.1. The van der Waals surface area contributed by atoms with Gasteiger partial charge in [0.15, 0.2) is 0 Å². The Labute approximate surface area is 165 Å². The SMILES string of the molecule is CCc1cc(CC)c(P(=O)(O)c2c(CC)cc(CC)cc2CC)c(CC)c1. The lowest BCUT2D eigenvalue weighted by molar-refractivity contribution is 0.500. The van der Waals surface area contributed by atoms with Gasteiger partial charge in [-0.15, -0.1) is 0 Å². The third kappa shape index (κ3) is 4.23. The van der Waals surface area contributed by atoms with Crippen LogP contribution in [0.3, 0.4) is 0 Å². The van der Waals surface area contributed by atoms with E-state index in [1.165, 1.54) is 11.1 Å². The molecular weight excluding hydrogens is 351 g/mol. The van der Waals surface area contributed by atoms with Gasteiger partial charge in [0.2, 0.25) is 0 Å². The van der Waals surface area contributed by atoms with Crippen molar-refractivity contribution in [3.05, 3.63) is 57.6 Å². The van der Waals surface area contributed by atoms with E-state index in [4.69, 9.17) is 0 Å². The third-order valence-corrected chi connectivity index (χ3v) is 7.96. The lowest BCUT2D eigenvalue weighted by Gasteiger charge is -2.25. The van der Waals surface area contributed by atoms with Crippen molar-refractivity contribution in [2.45, 2.75) is 80.1 Å². The Balaban J connectivity index is 2.86. The Morgan fingerprint density at radius 3 is 1.04 bits per heavy atom. The van der Waals surface area contributed by atoms with Gasteiger partial charge in [0.25, 0.3) is 7.37 Å². The minimum atomic E-state index is -3.67. The summed E-state index contributed by atoms with van der Waals surface area (Å²) in [6.45, 7) is 12.6. The molecular formula is C24H35O2P. The Morgan fingerprint density at radius 1 is 0.593 bits per heavy atom. The molecule has 0 unspecified atom stereocenters. The van der Waals surface area contributed by atoms with Gasteiger partial charge in [-0.05, 0) is 71.9 Å². The van der Waals surface area contributed by atoms with Crippen molar-refractivity contribution in [3.8, 4) is 0 Å². The molecule has 0 saturated carbocycles. The van der Waals surface area contributed by atoms with Crippen molar-refractivity contribution in [1.29, 1.82) is 0 Å². The maximum Gasteiger partial charge on any atom is 0.259 e. The van der Waals surface area contributed by atoms with Crippen LogP contribution in [0.25, 0.3) is 0 Å². The summed E-state index contributed by atoms with van der Waals surface area (Å²) in [4.78, 5) is 11.6. The van der Waals surface area contributed by atoms with Crippen LogP contribution in [0.4, 0.5) is 0 Å². The lowest BCUT2D eigenvalue weighted by atomic mass is 10.0. The second-order valence-corrected chi connectivity index (χ2v) is 9.27. The zero-order valence-electron chi connectivity index (χ0n) is 17.9. The van der Waals surface area contributed by atoms with Crippen molar-refractivity contribution in [2.24, 2.45) is 0 Å². The molecule has 0 fully saturated rings. The average Bonchev–Trinajstić information content (AvgIpc) is 2.70. The molecule has 0 heterocycles. The van der Waals surface area contributed by atoms with Gasteiger partial charge in [-0.2, -0.15) is 0 Å². The highest BCUT2D eigenvalue weighted by atomic mass is 31.2. The van der Waals surface area contributed by atoms with Crippen LogP contribution >= 0.6 is 7.37 Å². The molecule has 2 aromatic carbocycles. The van der Waals surface area contributed by atoms with Crippen molar-refractivity contribution < 1.29 is 9.46 Å². The molecule has 2 nitrogen and oxygen atoms in total. The number of hydrogen-bond acceptors (Lipinski definition) is 1. The molecule has 0 aliphatic rings. The van der Waals surface area contributed by atoms with Crippen LogP contribution in [0.2, 0.25) is 0 Å². The van der Waals surface area contributed by atoms with Gasteiger partial charge >= 0.3 is 0 Å². The first-order valence-corrected chi connectivity index (χ1v) is 12.2. The lowest BCUT2D eigenvalue weighted by Crippen LogP contribution is -2.28. The van der Waals surface area contributed by atoms with E-state index in [1.807, 2.05) is 0 Å². The summed E-state index contributed by atoms with van der Waals surface area (Å²) >= 11 is 0. The molecule has 0 radical (unpaired) electrons. The highest BCUT2D eigenvalue weighted by Gasteiger charge is 2.33. The Hall–Kier alpha value is -1.37. The molecule has 0 aromatic heterocycles. The van der Waals surface area contributed by atoms with Crippen LogP contribution in [0.1, 0.15) is 74.9 Å². The Kier molecular flexibility index (Phi) is 7.48. The zero-order valence-corrected chi connectivity index (χ0v) is 18.7. The van der Waals surface area contributed by atoms with Crippen LogP contribution in [-0.2, 0) is 43.1 Å². The minimum absolute atomic E-state index is 0.693. The fourth-order valence-corrected chi connectivity index (χ4v) is 6.71. The number of rotatable bonds is 8. The molecule has 0 saturated heterocycles. The van der Waals surface area contributed by atoms with Gasteiger partial charge in [0.05, 0.1) is 0 Å². The van der Waals surface area contributed by atoms with Gasteiger partial charge in [0, 0.05) is 10.6 Å². The van der Waals surface area contributed by atoms with E-state index >= 15 is 0 Å². The quantitative estimate of drug-likeness (QED) is 0.627. The van der Waals surface area contributed by atoms with Gasteiger partial charge < -0.3 is 4.89 Å². The van der Waals surface area contributed by atoms with Crippen molar-refractivity contribution in [1.82, 2.24) is 0 Å². The summed E-state index contributed by atoms with van der Waals surface area (Å²) in [5.41, 5.74) is 6.61. The molecule has 0 aliphatic heterocycles. The van der Waals surface area contributed by atoms with Gasteiger partial charge in [0.1, 0.15) is 0 Å². The van der Waals surface area contributed by atoms with E-state index in [-0.39, 0.29) is 0 Å². The van der Waals surface area contributed by atoms with Crippen molar-refractivity contribution in [3.63, 3.8) is 0 Å². The topological polar surface area (TPSA) is 37.3 Å². The standard InChI is InChI=1S/C24H35O2P/c1-7-17-13-19(9-3)23(20(10-4)14-17)27(25,26)24-21(11-5)15-18(8-2)16-22(24)12-6/h13-16H,7-12H2,1-6H3,(H,25,26). The highest BCUT2D eigenvalue weighted by molar-refractivity contribution is 7.73. The third-order valence-electron chi connectivity index (χ3n) is 5.60. The first-order valence-electron chi connectivity index (χ1n) is 10.5. The summed E-state index contributed by atoms with van der Waals surface area (Å²) in [6.07, 6.45) is 4.99. The molecule has 0 spiro atoms. The summed E-state index contributed by atoms with van der Waals surface area (Å²) < 4.78 is 14.1. The molecule has 0 aliphatic carbocycles. The first kappa shape index (κ1) is 21.9. The summed E-state index contributed by atoms with van der Waals surface area (Å²) in [5.74, 6) is 0. The van der Waals surface area contributed by atoms with Gasteiger partial charge in [-0.3, -0.25) is 4.57 Å². The molecule has 0 bridgehead atoms. The van der Waals surface area contributed by atoms with E-state index < -0.39 is 7.37 Å². The largest absolute Gasteiger partial charge is 0.338 e. The summed E-state index contributed by atoms with van der Waals surface area (Å²) in [6, 6.07) is 8.54. The van der Waals surface area contributed by atoms with E-state index in [0.29, 0.717) is 10.6 Å².